The van der Waals surface area contributed by atoms with Gasteiger partial charge in [0.1, 0.15) is 5.78 Å². The number of hydrogen-bond donors (Lipinski definition) is 0. The van der Waals surface area contributed by atoms with E-state index in [4.69, 9.17) is 0 Å². The number of Topliss-reactive ketones (excluding diaryl/α,β-unsaturated/α-hetero) is 1. The van der Waals surface area contributed by atoms with Gasteiger partial charge in [-0.1, -0.05) is 0 Å². The molecule has 0 atom stereocenters. The number of carbonyl (C=O) groups excluding carboxylic acids is 2. The lowest BCUT2D eigenvalue weighted by Crippen LogP contribution is -2.00. The molecule has 0 unspecified atom stereocenters. The van der Waals surface area contributed by atoms with Crippen LogP contribution in [-0.4, -0.2) is 18.7 Å². The number of hydrogen-bond acceptors (Lipinski definition) is 3. The monoisotopic (exact) mass is 142 g/mol. The summed E-state index contributed by atoms with van der Waals surface area (Å²) in [5.74, 6) is -0.361. The molecule has 56 valence electrons. The fourth-order valence-electron chi connectivity index (χ4n) is 0.448. The van der Waals surface area contributed by atoms with Gasteiger partial charge < -0.3 is 4.74 Å². The molecule has 0 aromatic heterocycles. The molecule has 0 rings (SSSR count). The molecule has 3 nitrogen and oxygen atoms in total. The highest BCUT2D eigenvalue weighted by atomic mass is 16.5. The fourth-order valence-corrected chi connectivity index (χ4v) is 0.448. The van der Waals surface area contributed by atoms with Crippen molar-refractivity contribution in [2.75, 3.05) is 7.11 Å². The van der Waals surface area contributed by atoms with Crippen molar-refractivity contribution >= 4 is 11.6 Å². The standard InChI is InChI=1S/C7H10O3/c1-6(8)5-7(9)3-4-10-2/h3-4H,5H2,1-2H3. The maximum absolute atomic E-state index is 10.6. The number of carbonyl (C=O) groups is 2. The van der Waals surface area contributed by atoms with Crippen LogP contribution in [0.25, 0.3) is 0 Å². The second-order valence-electron chi connectivity index (χ2n) is 1.88. The van der Waals surface area contributed by atoms with Gasteiger partial charge in [0.25, 0.3) is 0 Å². The van der Waals surface area contributed by atoms with Gasteiger partial charge in [-0.05, 0) is 6.92 Å². The smallest absolute Gasteiger partial charge is 0.166 e. The maximum Gasteiger partial charge on any atom is 0.166 e. The summed E-state index contributed by atoms with van der Waals surface area (Å²) in [6, 6.07) is 0. The molecule has 0 bridgehead atoms. The van der Waals surface area contributed by atoms with Crippen molar-refractivity contribution in [1.29, 1.82) is 0 Å². The molecular weight excluding hydrogens is 132 g/mol. The maximum atomic E-state index is 10.6. The van der Waals surface area contributed by atoms with Crippen molar-refractivity contribution in [2.24, 2.45) is 0 Å². The number of rotatable bonds is 4. The molecule has 0 aliphatic carbocycles. The minimum absolute atomic E-state index is 0.0418. The van der Waals surface area contributed by atoms with E-state index in [0.29, 0.717) is 0 Å². The lowest BCUT2D eigenvalue weighted by molar-refractivity contribution is -0.123. The van der Waals surface area contributed by atoms with Crippen LogP contribution in [0.15, 0.2) is 12.3 Å². The van der Waals surface area contributed by atoms with Gasteiger partial charge in [0.2, 0.25) is 0 Å². The summed E-state index contributed by atoms with van der Waals surface area (Å²) >= 11 is 0. The average Bonchev–Trinajstić information content (AvgIpc) is 1.82. The van der Waals surface area contributed by atoms with Gasteiger partial charge in [-0.3, -0.25) is 9.59 Å². The Morgan fingerprint density at radius 2 is 2.10 bits per heavy atom. The van der Waals surface area contributed by atoms with Crippen molar-refractivity contribution < 1.29 is 14.3 Å². The van der Waals surface area contributed by atoms with Crippen molar-refractivity contribution in [1.82, 2.24) is 0 Å². The molecule has 0 aromatic carbocycles. The third kappa shape index (κ3) is 5.03. The van der Waals surface area contributed by atoms with Crippen LogP contribution >= 0.6 is 0 Å². The Balaban J connectivity index is 3.64. The van der Waals surface area contributed by atoms with Crippen LogP contribution in [-0.2, 0) is 14.3 Å². The predicted molar refractivity (Wildman–Crippen MR) is 36.5 cm³/mol. The summed E-state index contributed by atoms with van der Waals surface area (Å²) in [6.07, 6.45) is 2.45. The molecule has 0 spiro atoms. The molecule has 0 heterocycles. The quantitative estimate of drug-likeness (QED) is 0.329. The van der Waals surface area contributed by atoms with Crippen molar-refractivity contribution in [3.05, 3.63) is 12.3 Å². The number of ether oxygens (including phenoxy) is 1. The van der Waals surface area contributed by atoms with Crippen molar-refractivity contribution in [3.8, 4) is 0 Å². The van der Waals surface area contributed by atoms with Crippen LogP contribution in [0.1, 0.15) is 13.3 Å². The van der Waals surface area contributed by atoms with Crippen LogP contribution in [0.5, 0.6) is 0 Å². The Hall–Kier alpha value is -1.12. The molecule has 3 heteroatoms. The lowest BCUT2D eigenvalue weighted by atomic mass is 10.2. The molecule has 10 heavy (non-hydrogen) atoms. The van der Waals surface area contributed by atoms with E-state index in [-0.39, 0.29) is 18.0 Å². The Kier molecular flexibility index (Phi) is 4.20. The van der Waals surface area contributed by atoms with Gasteiger partial charge in [0, 0.05) is 6.08 Å². The van der Waals surface area contributed by atoms with Gasteiger partial charge in [0.05, 0.1) is 19.8 Å². The molecule has 0 radical (unpaired) electrons. The zero-order valence-corrected chi connectivity index (χ0v) is 6.09. The highest BCUT2D eigenvalue weighted by Crippen LogP contribution is 1.86. The Morgan fingerprint density at radius 1 is 1.50 bits per heavy atom. The molecule has 0 aliphatic rings. The van der Waals surface area contributed by atoms with E-state index in [1.165, 1.54) is 26.4 Å². The third-order valence-electron chi connectivity index (χ3n) is 0.813. The second-order valence-corrected chi connectivity index (χ2v) is 1.88. The van der Waals surface area contributed by atoms with Gasteiger partial charge in [-0.15, -0.1) is 0 Å². The first-order valence-electron chi connectivity index (χ1n) is 2.88. The van der Waals surface area contributed by atoms with Gasteiger partial charge in [-0.25, -0.2) is 0 Å². The number of allylic oxidation sites excluding steroid dienone is 1. The molecule has 0 saturated heterocycles. The molecule has 0 aromatic rings. The predicted octanol–water partition coefficient (Wildman–Crippen LogP) is 0.695. The highest BCUT2D eigenvalue weighted by molar-refractivity contribution is 6.03. The number of ketones is 2. The highest BCUT2D eigenvalue weighted by Gasteiger charge is 1.99. The Labute approximate surface area is 59.7 Å². The zero-order valence-electron chi connectivity index (χ0n) is 6.09. The summed E-state index contributed by atoms with van der Waals surface area (Å²) in [6.45, 7) is 1.37. The molecular formula is C7H10O3. The molecule has 0 amide bonds. The average molecular weight is 142 g/mol. The molecule has 0 saturated carbocycles. The van der Waals surface area contributed by atoms with Crippen LogP contribution in [0.4, 0.5) is 0 Å². The Bertz CT molecular complexity index is 158. The van der Waals surface area contributed by atoms with E-state index in [1.54, 1.807) is 0 Å². The second kappa shape index (κ2) is 4.73. The number of methoxy groups -OCH3 is 1. The van der Waals surface area contributed by atoms with Gasteiger partial charge in [0.15, 0.2) is 5.78 Å². The SMILES string of the molecule is COC=CC(=O)CC(C)=O. The first-order chi connectivity index (χ1) is 4.66. The minimum Gasteiger partial charge on any atom is -0.504 e. The van der Waals surface area contributed by atoms with E-state index in [9.17, 15) is 9.59 Å². The van der Waals surface area contributed by atoms with Crippen LogP contribution in [0.3, 0.4) is 0 Å². The van der Waals surface area contributed by atoms with Gasteiger partial charge in [-0.2, -0.15) is 0 Å². The van der Waals surface area contributed by atoms with Crippen LogP contribution < -0.4 is 0 Å². The van der Waals surface area contributed by atoms with Gasteiger partial charge >= 0.3 is 0 Å². The Morgan fingerprint density at radius 3 is 2.50 bits per heavy atom. The zero-order chi connectivity index (χ0) is 7.98. The minimum atomic E-state index is -0.227. The van der Waals surface area contributed by atoms with E-state index in [1.807, 2.05) is 0 Å². The summed E-state index contributed by atoms with van der Waals surface area (Å²) in [5, 5.41) is 0. The van der Waals surface area contributed by atoms with E-state index < -0.39 is 0 Å². The molecule has 0 N–H and O–H groups in total. The first-order valence-corrected chi connectivity index (χ1v) is 2.88. The van der Waals surface area contributed by atoms with E-state index in [0.717, 1.165) is 0 Å². The summed E-state index contributed by atoms with van der Waals surface area (Å²) < 4.78 is 4.48. The lowest BCUT2D eigenvalue weighted by Gasteiger charge is -1.87. The molecule has 0 aliphatic heterocycles. The normalized spacial score (nSPS) is 9.80. The van der Waals surface area contributed by atoms with Crippen molar-refractivity contribution in [2.45, 2.75) is 13.3 Å². The largest absolute Gasteiger partial charge is 0.504 e. The van der Waals surface area contributed by atoms with Crippen LogP contribution in [0, 0.1) is 0 Å². The molecule has 0 fully saturated rings. The van der Waals surface area contributed by atoms with E-state index in [2.05, 4.69) is 4.74 Å². The summed E-state index contributed by atoms with van der Waals surface area (Å²) in [7, 11) is 1.44. The van der Waals surface area contributed by atoms with Crippen LogP contribution in [0.2, 0.25) is 0 Å². The first kappa shape index (κ1) is 8.88. The third-order valence-corrected chi connectivity index (χ3v) is 0.813. The van der Waals surface area contributed by atoms with E-state index >= 15 is 0 Å². The topological polar surface area (TPSA) is 43.4 Å². The van der Waals surface area contributed by atoms with Crippen molar-refractivity contribution in [3.63, 3.8) is 0 Å². The summed E-state index contributed by atoms with van der Waals surface area (Å²) in [5.41, 5.74) is 0. The summed E-state index contributed by atoms with van der Waals surface area (Å²) in [4.78, 5) is 20.9. The fraction of sp³-hybridized carbons (Fsp3) is 0.429.